The van der Waals surface area contributed by atoms with E-state index in [4.69, 9.17) is 9.84 Å². The van der Waals surface area contributed by atoms with Crippen LogP contribution in [0.15, 0.2) is 11.1 Å². The molecule has 2 N–H and O–H groups in total. The number of nitrogens with one attached hydrogen (secondary N) is 1. The lowest BCUT2D eigenvalue weighted by atomic mass is 10.1. The van der Waals surface area contributed by atoms with Gasteiger partial charge in [-0.25, -0.2) is 4.79 Å². The van der Waals surface area contributed by atoms with Gasteiger partial charge in [-0.1, -0.05) is 0 Å². The second-order valence-corrected chi connectivity index (χ2v) is 5.43. The van der Waals surface area contributed by atoms with Gasteiger partial charge in [0.1, 0.15) is 6.04 Å². The van der Waals surface area contributed by atoms with Crippen LogP contribution < -0.4 is 5.32 Å². The van der Waals surface area contributed by atoms with Crippen LogP contribution in [0.5, 0.6) is 0 Å². The highest BCUT2D eigenvalue weighted by Gasteiger charge is 2.36. The summed E-state index contributed by atoms with van der Waals surface area (Å²) in [5.74, 6) is -1.78. The van der Waals surface area contributed by atoms with Crippen molar-refractivity contribution in [2.75, 3.05) is 19.8 Å². The molecule has 1 saturated carbocycles. The van der Waals surface area contributed by atoms with Crippen LogP contribution in [-0.2, 0) is 19.1 Å². The molecule has 1 unspecified atom stereocenters. The fraction of sp³-hybridized carbons (Fsp3) is 0.643. The number of hydrogen-bond donors (Lipinski definition) is 2. The Morgan fingerprint density at radius 1 is 1.19 bits per heavy atom. The monoisotopic (exact) mass is 296 g/mol. The normalized spacial score (nSPS) is 23.3. The molecule has 1 aliphatic carbocycles. The van der Waals surface area contributed by atoms with Crippen molar-refractivity contribution in [2.45, 2.75) is 38.8 Å². The number of ether oxygens (including phenoxy) is 1. The van der Waals surface area contributed by atoms with Gasteiger partial charge in [-0.15, -0.1) is 0 Å². The zero-order chi connectivity index (χ0) is 15.6. The Balaban J connectivity index is 2.13. The molecule has 7 nitrogen and oxygen atoms in total. The number of carboxylic acids is 1. The molecule has 1 atom stereocenters. The Kier molecular flexibility index (Phi) is 4.62. The van der Waals surface area contributed by atoms with Gasteiger partial charge in [-0.2, -0.15) is 0 Å². The summed E-state index contributed by atoms with van der Waals surface area (Å²) in [7, 11) is 0. The first-order chi connectivity index (χ1) is 9.91. The van der Waals surface area contributed by atoms with Crippen LogP contribution in [0, 0.1) is 0 Å². The van der Waals surface area contributed by atoms with Gasteiger partial charge in [0.2, 0.25) is 5.91 Å². The average Bonchev–Trinajstić information content (AvgIpc) is 3.28. The minimum absolute atomic E-state index is 0.00663. The molecule has 0 aromatic heterocycles. The van der Waals surface area contributed by atoms with Crippen molar-refractivity contribution in [3.63, 3.8) is 0 Å². The maximum atomic E-state index is 12.4. The van der Waals surface area contributed by atoms with Crippen LogP contribution in [0.25, 0.3) is 0 Å². The van der Waals surface area contributed by atoms with E-state index in [2.05, 4.69) is 5.32 Å². The topological polar surface area (TPSA) is 95.9 Å². The highest BCUT2D eigenvalue weighted by molar-refractivity contribution is 6.03. The maximum Gasteiger partial charge on any atom is 0.331 e. The Morgan fingerprint density at radius 2 is 1.86 bits per heavy atom. The fourth-order valence-corrected chi connectivity index (χ4v) is 2.13. The first-order valence-corrected chi connectivity index (χ1v) is 7.01. The molecule has 0 bridgehead atoms. The van der Waals surface area contributed by atoms with Gasteiger partial charge in [0.25, 0.3) is 5.91 Å². The molecule has 2 rings (SSSR count). The lowest BCUT2D eigenvalue weighted by Crippen LogP contribution is -2.56. The molecular weight excluding hydrogens is 276 g/mol. The summed E-state index contributed by atoms with van der Waals surface area (Å²) >= 11 is 0. The summed E-state index contributed by atoms with van der Waals surface area (Å²) < 4.78 is 5.29. The van der Waals surface area contributed by atoms with Gasteiger partial charge >= 0.3 is 5.97 Å². The Labute approximate surface area is 122 Å². The van der Waals surface area contributed by atoms with Gasteiger partial charge < -0.3 is 20.1 Å². The highest BCUT2D eigenvalue weighted by Crippen LogP contribution is 2.20. The highest BCUT2D eigenvalue weighted by atomic mass is 16.5. The first kappa shape index (κ1) is 15.5. The van der Waals surface area contributed by atoms with Crippen LogP contribution in [0.3, 0.4) is 0 Å². The molecule has 2 aliphatic rings. The van der Waals surface area contributed by atoms with Gasteiger partial charge in [-0.3, -0.25) is 9.59 Å². The molecule has 2 amide bonds. The van der Waals surface area contributed by atoms with Crippen molar-refractivity contribution in [2.24, 2.45) is 0 Å². The number of morpholine rings is 1. The van der Waals surface area contributed by atoms with Crippen molar-refractivity contribution in [1.82, 2.24) is 10.2 Å². The molecule has 21 heavy (non-hydrogen) atoms. The van der Waals surface area contributed by atoms with Crippen LogP contribution in [-0.4, -0.2) is 59.6 Å². The van der Waals surface area contributed by atoms with Gasteiger partial charge in [0.05, 0.1) is 13.2 Å². The first-order valence-electron chi connectivity index (χ1n) is 7.01. The predicted octanol–water partition coefficient (Wildman–Crippen LogP) is -0.0866. The summed E-state index contributed by atoms with van der Waals surface area (Å²) in [5, 5.41) is 11.8. The standard InChI is InChI=1S/C14H20N2O5/c1-8(9(2)14(19)20)13(18)16-5-6-21-7-11(16)12(17)15-10-3-4-10/h10-11H,3-7H2,1-2H3,(H,15,17)(H,19,20). The molecule has 1 saturated heterocycles. The smallest absolute Gasteiger partial charge is 0.331 e. The number of rotatable bonds is 4. The average molecular weight is 296 g/mol. The zero-order valence-electron chi connectivity index (χ0n) is 12.2. The lowest BCUT2D eigenvalue weighted by Gasteiger charge is -2.35. The van der Waals surface area contributed by atoms with Crippen molar-refractivity contribution in [3.8, 4) is 0 Å². The molecule has 0 aromatic carbocycles. The summed E-state index contributed by atoms with van der Waals surface area (Å²) in [6.07, 6.45) is 1.93. The maximum absolute atomic E-state index is 12.4. The SMILES string of the molecule is CC(C(=O)O)=C(C)C(=O)N1CCOCC1C(=O)NC1CC1. The minimum Gasteiger partial charge on any atom is -0.478 e. The molecule has 0 spiro atoms. The Bertz CT molecular complexity index is 496. The van der Waals surface area contributed by atoms with E-state index in [1.54, 1.807) is 0 Å². The van der Waals surface area contributed by atoms with E-state index in [0.717, 1.165) is 12.8 Å². The zero-order valence-corrected chi connectivity index (χ0v) is 12.2. The van der Waals surface area contributed by atoms with Crippen LogP contribution in [0.2, 0.25) is 0 Å². The molecule has 116 valence electrons. The van der Waals surface area contributed by atoms with Gasteiger partial charge in [0, 0.05) is 23.7 Å². The van der Waals surface area contributed by atoms with Gasteiger partial charge in [-0.05, 0) is 26.7 Å². The molecule has 1 aliphatic heterocycles. The van der Waals surface area contributed by atoms with Crippen LogP contribution in [0.4, 0.5) is 0 Å². The van der Waals surface area contributed by atoms with E-state index < -0.39 is 17.9 Å². The second kappa shape index (κ2) is 6.26. The number of aliphatic carboxylic acids is 1. The molecule has 7 heteroatoms. The van der Waals surface area contributed by atoms with E-state index in [1.807, 2.05) is 0 Å². The van der Waals surface area contributed by atoms with Crippen molar-refractivity contribution in [1.29, 1.82) is 0 Å². The number of amides is 2. The molecule has 0 aromatic rings. The van der Waals surface area contributed by atoms with Gasteiger partial charge in [0.15, 0.2) is 0 Å². The third kappa shape index (κ3) is 3.60. The number of carbonyl (C=O) groups excluding carboxylic acids is 2. The summed E-state index contributed by atoms with van der Waals surface area (Å²) in [5.41, 5.74) is 0.140. The van der Waals surface area contributed by atoms with E-state index in [0.29, 0.717) is 6.61 Å². The number of carbonyl (C=O) groups is 3. The lowest BCUT2D eigenvalue weighted by molar-refractivity contribution is -0.146. The third-order valence-electron chi connectivity index (χ3n) is 3.82. The minimum atomic E-state index is -1.13. The van der Waals surface area contributed by atoms with Crippen LogP contribution in [0.1, 0.15) is 26.7 Å². The largest absolute Gasteiger partial charge is 0.478 e. The van der Waals surface area contributed by atoms with Crippen molar-refractivity contribution >= 4 is 17.8 Å². The number of nitrogens with zero attached hydrogens (tertiary/aromatic N) is 1. The number of carboxylic acid groups (broad SMARTS) is 1. The van der Waals surface area contributed by atoms with E-state index in [1.165, 1.54) is 18.7 Å². The van der Waals surface area contributed by atoms with Crippen LogP contribution >= 0.6 is 0 Å². The van der Waals surface area contributed by atoms with E-state index in [-0.39, 0.29) is 36.2 Å². The van der Waals surface area contributed by atoms with Crippen molar-refractivity contribution < 1.29 is 24.2 Å². The predicted molar refractivity (Wildman–Crippen MR) is 73.5 cm³/mol. The van der Waals surface area contributed by atoms with Crippen molar-refractivity contribution in [3.05, 3.63) is 11.1 Å². The Morgan fingerprint density at radius 3 is 2.43 bits per heavy atom. The summed E-state index contributed by atoms with van der Waals surface area (Å²) in [4.78, 5) is 37.0. The molecule has 0 radical (unpaired) electrons. The quantitative estimate of drug-likeness (QED) is 0.707. The third-order valence-corrected chi connectivity index (χ3v) is 3.82. The second-order valence-electron chi connectivity index (χ2n) is 5.43. The fourth-order valence-electron chi connectivity index (χ4n) is 2.13. The Hall–Kier alpha value is -1.89. The summed E-state index contributed by atoms with van der Waals surface area (Å²) in [6, 6.07) is -0.489. The van der Waals surface area contributed by atoms with E-state index >= 15 is 0 Å². The molecular formula is C14H20N2O5. The molecule has 2 fully saturated rings. The van der Waals surface area contributed by atoms with E-state index in [9.17, 15) is 14.4 Å². The summed E-state index contributed by atoms with van der Waals surface area (Å²) in [6.45, 7) is 3.63. The molecule has 1 heterocycles. The number of hydrogen-bond acceptors (Lipinski definition) is 4.